The summed E-state index contributed by atoms with van der Waals surface area (Å²) in [5, 5.41) is 1.76. The number of hydrogen-bond acceptors (Lipinski definition) is 1. The normalized spacial score (nSPS) is 12.5. The number of hydrogen-bond donors (Lipinski definition) is 1. The number of rotatable bonds is 3. The minimum absolute atomic E-state index is 0.0386. The fourth-order valence-corrected chi connectivity index (χ4v) is 3.10. The molecule has 0 aliphatic rings. The summed E-state index contributed by atoms with van der Waals surface area (Å²) >= 11 is 12.2. The molecular formula is C17H13Cl2NO. The van der Waals surface area contributed by atoms with E-state index in [1.54, 1.807) is 18.3 Å². The van der Waals surface area contributed by atoms with Gasteiger partial charge in [-0.2, -0.15) is 0 Å². The smallest absolute Gasteiger partial charge is 0.172 e. The molecule has 4 heteroatoms. The SMILES string of the molecule is CC(C(=O)c1c[nH]c2cc(Cl)cc(Cl)c12)c1ccccc1. The van der Waals surface area contributed by atoms with Crippen LogP contribution in [0.2, 0.25) is 10.0 Å². The average molecular weight is 318 g/mol. The Morgan fingerprint density at radius 3 is 2.57 bits per heavy atom. The second-order valence-electron chi connectivity index (χ2n) is 5.01. The zero-order valence-corrected chi connectivity index (χ0v) is 12.9. The van der Waals surface area contributed by atoms with Crippen molar-refractivity contribution in [3.05, 3.63) is 69.8 Å². The highest BCUT2D eigenvalue weighted by Crippen LogP contribution is 2.32. The van der Waals surface area contributed by atoms with E-state index in [0.29, 0.717) is 15.6 Å². The third-order valence-corrected chi connectivity index (χ3v) is 4.17. The van der Waals surface area contributed by atoms with Crippen molar-refractivity contribution in [2.24, 2.45) is 0 Å². The maximum Gasteiger partial charge on any atom is 0.172 e. The van der Waals surface area contributed by atoms with Crippen LogP contribution in [0.3, 0.4) is 0 Å². The number of H-pyrrole nitrogens is 1. The summed E-state index contributed by atoms with van der Waals surface area (Å²) in [6.45, 7) is 1.90. The summed E-state index contributed by atoms with van der Waals surface area (Å²) in [7, 11) is 0. The van der Waals surface area contributed by atoms with Crippen LogP contribution in [-0.2, 0) is 0 Å². The number of carbonyl (C=O) groups excluding carboxylic acids is 1. The molecule has 3 rings (SSSR count). The Morgan fingerprint density at radius 1 is 1.14 bits per heavy atom. The summed E-state index contributed by atoms with van der Waals surface area (Å²) in [4.78, 5) is 15.8. The molecular weight excluding hydrogens is 305 g/mol. The van der Waals surface area contributed by atoms with Crippen molar-refractivity contribution >= 4 is 39.9 Å². The lowest BCUT2D eigenvalue weighted by molar-refractivity contribution is 0.0968. The first-order valence-corrected chi connectivity index (χ1v) is 7.39. The van der Waals surface area contributed by atoms with Gasteiger partial charge in [-0.25, -0.2) is 0 Å². The zero-order valence-electron chi connectivity index (χ0n) is 11.4. The Kier molecular flexibility index (Phi) is 3.75. The minimum Gasteiger partial charge on any atom is -0.360 e. The molecule has 1 unspecified atom stereocenters. The number of benzene rings is 2. The number of nitrogens with one attached hydrogen (secondary N) is 1. The molecule has 1 aromatic heterocycles. The van der Waals surface area contributed by atoms with Crippen LogP contribution in [-0.4, -0.2) is 10.8 Å². The van der Waals surface area contributed by atoms with Gasteiger partial charge in [-0.1, -0.05) is 60.5 Å². The fourth-order valence-electron chi connectivity index (χ4n) is 2.50. The number of aromatic amines is 1. The Bertz CT molecular complexity index is 808. The van der Waals surface area contributed by atoms with Gasteiger partial charge in [0.15, 0.2) is 5.78 Å². The molecule has 0 aliphatic heterocycles. The number of carbonyl (C=O) groups is 1. The van der Waals surface area contributed by atoms with Gasteiger partial charge in [0.05, 0.1) is 5.02 Å². The highest BCUT2D eigenvalue weighted by molar-refractivity contribution is 6.39. The van der Waals surface area contributed by atoms with Crippen LogP contribution < -0.4 is 0 Å². The van der Waals surface area contributed by atoms with Crippen LogP contribution in [0, 0.1) is 0 Å². The minimum atomic E-state index is -0.225. The van der Waals surface area contributed by atoms with E-state index in [2.05, 4.69) is 4.98 Å². The molecule has 1 atom stereocenters. The topological polar surface area (TPSA) is 32.9 Å². The number of aromatic nitrogens is 1. The van der Waals surface area contributed by atoms with Gasteiger partial charge in [0.25, 0.3) is 0 Å². The first kappa shape index (κ1) is 14.2. The molecule has 2 aromatic carbocycles. The molecule has 0 spiro atoms. The highest BCUT2D eigenvalue weighted by Gasteiger charge is 2.21. The van der Waals surface area contributed by atoms with E-state index >= 15 is 0 Å². The molecule has 0 fully saturated rings. The number of ketones is 1. The summed E-state index contributed by atoms with van der Waals surface area (Å²) in [6.07, 6.45) is 1.70. The molecule has 2 nitrogen and oxygen atoms in total. The number of halogens is 2. The van der Waals surface area contributed by atoms with E-state index in [-0.39, 0.29) is 11.7 Å². The second-order valence-corrected chi connectivity index (χ2v) is 5.85. The summed E-state index contributed by atoms with van der Waals surface area (Å²) in [5.74, 6) is -0.186. The summed E-state index contributed by atoms with van der Waals surface area (Å²) < 4.78 is 0. The summed E-state index contributed by atoms with van der Waals surface area (Å²) in [5.41, 5.74) is 2.36. The van der Waals surface area contributed by atoms with Gasteiger partial charge >= 0.3 is 0 Å². The standard InChI is InChI=1S/C17H13Cl2NO/c1-10(11-5-3-2-4-6-11)17(21)13-9-20-15-8-12(18)7-14(19)16(13)15/h2-10,20H,1H3. The van der Waals surface area contributed by atoms with E-state index in [9.17, 15) is 4.79 Å². The molecule has 106 valence electrons. The highest BCUT2D eigenvalue weighted by atomic mass is 35.5. The largest absolute Gasteiger partial charge is 0.360 e. The number of fused-ring (bicyclic) bond motifs is 1. The lowest BCUT2D eigenvalue weighted by Crippen LogP contribution is -2.09. The van der Waals surface area contributed by atoms with Gasteiger partial charge in [0, 0.05) is 33.6 Å². The molecule has 21 heavy (non-hydrogen) atoms. The van der Waals surface area contributed by atoms with Gasteiger partial charge in [-0.05, 0) is 17.7 Å². The maximum atomic E-state index is 12.7. The van der Waals surface area contributed by atoms with E-state index in [0.717, 1.165) is 16.5 Å². The van der Waals surface area contributed by atoms with E-state index in [4.69, 9.17) is 23.2 Å². The first-order valence-electron chi connectivity index (χ1n) is 6.63. The van der Waals surface area contributed by atoms with Crippen molar-refractivity contribution in [1.82, 2.24) is 4.98 Å². The first-order chi connectivity index (χ1) is 10.1. The summed E-state index contributed by atoms with van der Waals surface area (Å²) in [6, 6.07) is 13.1. The Morgan fingerprint density at radius 2 is 1.86 bits per heavy atom. The number of Topliss-reactive ketones (excluding diaryl/α,β-unsaturated/α-hetero) is 1. The molecule has 0 saturated heterocycles. The van der Waals surface area contributed by atoms with Crippen LogP contribution in [0.5, 0.6) is 0 Å². The van der Waals surface area contributed by atoms with Crippen LogP contribution in [0.25, 0.3) is 10.9 Å². The van der Waals surface area contributed by atoms with Crippen molar-refractivity contribution in [3.63, 3.8) is 0 Å². The fraction of sp³-hybridized carbons (Fsp3) is 0.118. The lowest BCUT2D eigenvalue weighted by atomic mass is 9.92. The molecule has 0 bridgehead atoms. The predicted octanol–water partition coefficient (Wildman–Crippen LogP) is 5.46. The van der Waals surface area contributed by atoms with Gasteiger partial charge in [0.1, 0.15) is 0 Å². The van der Waals surface area contributed by atoms with E-state index in [1.165, 1.54) is 0 Å². The molecule has 1 heterocycles. The van der Waals surface area contributed by atoms with Crippen molar-refractivity contribution in [2.45, 2.75) is 12.8 Å². The average Bonchev–Trinajstić information content (AvgIpc) is 2.90. The van der Waals surface area contributed by atoms with Crippen molar-refractivity contribution in [3.8, 4) is 0 Å². The Labute approximate surface area is 132 Å². The van der Waals surface area contributed by atoms with Gasteiger partial charge in [0.2, 0.25) is 0 Å². The van der Waals surface area contributed by atoms with E-state index in [1.807, 2.05) is 37.3 Å². The van der Waals surface area contributed by atoms with Gasteiger partial charge in [-0.15, -0.1) is 0 Å². The van der Waals surface area contributed by atoms with Crippen molar-refractivity contribution in [2.75, 3.05) is 0 Å². The third kappa shape index (κ3) is 2.57. The van der Waals surface area contributed by atoms with Crippen molar-refractivity contribution < 1.29 is 4.79 Å². The van der Waals surface area contributed by atoms with Crippen LogP contribution >= 0.6 is 23.2 Å². The van der Waals surface area contributed by atoms with Crippen LogP contribution in [0.1, 0.15) is 28.8 Å². The van der Waals surface area contributed by atoms with Crippen LogP contribution in [0.4, 0.5) is 0 Å². The van der Waals surface area contributed by atoms with Gasteiger partial charge < -0.3 is 4.98 Å². The van der Waals surface area contributed by atoms with Gasteiger partial charge in [-0.3, -0.25) is 4.79 Å². The third-order valence-electron chi connectivity index (χ3n) is 3.65. The monoisotopic (exact) mass is 317 g/mol. The zero-order chi connectivity index (χ0) is 15.0. The molecule has 0 amide bonds. The molecule has 0 aliphatic carbocycles. The Hall–Kier alpha value is -1.77. The molecule has 3 aromatic rings. The molecule has 0 saturated carbocycles. The molecule has 1 N–H and O–H groups in total. The lowest BCUT2D eigenvalue weighted by Gasteiger charge is -2.10. The predicted molar refractivity (Wildman–Crippen MR) is 87.5 cm³/mol. The van der Waals surface area contributed by atoms with Crippen molar-refractivity contribution in [1.29, 1.82) is 0 Å². The van der Waals surface area contributed by atoms with E-state index < -0.39 is 0 Å². The quantitative estimate of drug-likeness (QED) is 0.639. The second kappa shape index (κ2) is 5.55. The Balaban J connectivity index is 2.07. The van der Waals surface area contributed by atoms with Crippen LogP contribution in [0.15, 0.2) is 48.7 Å². The molecule has 0 radical (unpaired) electrons. The maximum absolute atomic E-state index is 12.7.